The third-order valence-corrected chi connectivity index (χ3v) is 3.86. The fraction of sp³-hybridized carbons (Fsp3) is 0.500. The van der Waals surface area contributed by atoms with E-state index in [-0.39, 0.29) is 17.9 Å². The van der Waals surface area contributed by atoms with Crippen LogP contribution in [0.25, 0.3) is 0 Å². The van der Waals surface area contributed by atoms with Gasteiger partial charge in [-0.1, -0.05) is 30.7 Å². The van der Waals surface area contributed by atoms with Crippen molar-refractivity contribution >= 4 is 12.4 Å². The van der Waals surface area contributed by atoms with E-state index in [4.69, 9.17) is 5.73 Å². The van der Waals surface area contributed by atoms with Crippen LogP contribution in [0.5, 0.6) is 0 Å². The summed E-state index contributed by atoms with van der Waals surface area (Å²) in [7, 11) is 0. The molecule has 76 valence electrons. The molecule has 0 aromatic heterocycles. The molecule has 1 nitrogen and oxygen atoms in total. The molecule has 2 N–H and O–H groups in total. The molecule has 0 bridgehead atoms. The van der Waals surface area contributed by atoms with Gasteiger partial charge in [-0.25, -0.2) is 0 Å². The molecule has 2 aliphatic carbocycles. The van der Waals surface area contributed by atoms with Crippen LogP contribution in [-0.2, 0) is 12.0 Å². The summed E-state index contributed by atoms with van der Waals surface area (Å²) in [6.07, 6.45) is 5.04. The zero-order chi connectivity index (χ0) is 8.89. The van der Waals surface area contributed by atoms with Crippen molar-refractivity contribution in [2.45, 2.75) is 31.2 Å². The Labute approximate surface area is 91.1 Å². The maximum absolute atomic E-state index is 6.48. The molecule has 0 heterocycles. The summed E-state index contributed by atoms with van der Waals surface area (Å²) in [4.78, 5) is 0. The zero-order valence-corrected chi connectivity index (χ0v) is 9.02. The molecular weight excluding hydrogens is 194 g/mol. The van der Waals surface area contributed by atoms with Crippen LogP contribution in [0.3, 0.4) is 0 Å². The molecule has 2 unspecified atom stereocenters. The van der Waals surface area contributed by atoms with Crippen molar-refractivity contribution in [2.75, 3.05) is 0 Å². The average Bonchev–Trinajstić information content (AvgIpc) is 2.60. The van der Waals surface area contributed by atoms with Crippen molar-refractivity contribution in [1.29, 1.82) is 0 Å². The summed E-state index contributed by atoms with van der Waals surface area (Å²) in [5.74, 6) is 0.727. The summed E-state index contributed by atoms with van der Waals surface area (Å²) in [5.41, 5.74) is 9.44. The van der Waals surface area contributed by atoms with Gasteiger partial charge in [-0.15, -0.1) is 12.4 Å². The molecular formula is C12H16ClN. The Morgan fingerprint density at radius 1 is 1.29 bits per heavy atom. The van der Waals surface area contributed by atoms with Gasteiger partial charge in [0.05, 0.1) is 0 Å². The lowest BCUT2D eigenvalue weighted by molar-refractivity contribution is 0.357. The Morgan fingerprint density at radius 2 is 2.07 bits per heavy atom. The second-order valence-electron chi connectivity index (χ2n) is 4.49. The van der Waals surface area contributed by atoms with E-state index in [1.807, 2.05) is 0 Å². The Kier molecular flexibility index (Phi) is 2.32. The van der Waals surface area contributed by atoms with Gasteiger partial charge < -0.3 is 5.73 Å². The van der Waals surface area contributed by atoms with E-state index in [2.05, 4.69) is 24.3 Å². The predicted molar refractivity (Wildman–Crippen MR) is 60.6 cm³/mol. The van der Waals surface area contributed by atoms with Gasteiger partial charge in [-0.05, 0) is 36.3 Å². The van der Waals surface area contributed by atoms with Crippen LogP contribution in [-0.4, -0.2) is 0 Å². The van der Waals surface area contributed by atoms with Crippen molar-refractivity contribution in [2.24, 2.45) is 11.7 Å². The van der Waals surface area contributed by atoms with E-state index >= 15 is 0 Å². The molecule has 1 fully saturated rings. The predicted octanol–water partition coefficient (Wildman–Crippen LogP) is 2.62. The molecule has 0 amide bonds. The maximum Gasteiger partial charge on any atom is 0.0444 e. The minimum absolute atomic E-state index is 0. The molecule has 1 saturated carbocycles. The quantitative estimate of drug-likeness (QED) is 0.699. The normalized spacial score (nSPS) is 33.4. The van der Waals surface area contributed by atoms with E-state index in [0.717, 1.165) is 5.92 Å². The minimum atomic E-state index is 0. The summed E-state index contributed by atoms with van der Waals surface area (Å²) in [6.45, 7) is 0. The number of nitrogens with two attached hydrogens (primary N) is 1. The van der Waals surface area contributed by atoms with Gasteiger partial charge in [0.1, 0.15) is 0 Å². The van der Waals surface area contributed by atoms with Crippen molar-refractivity contribution in [3.8, 4) is 0 Å². The van der Waals surface area contributed by atoms with E-state index in [0.29, 0.717) is 0 Å². The standard InChI is InChI=1S/C12H15N.ClH/c13-12-7-3-5-10(12)8-9-4-1-2-6-11(9)12;/h1-2,4,6,10H,3,5,7-8,13H2;1H. The summed E-state index contributed by atoms with van der Waals surface area (Å²) >= 11 is 0. The summed E-state index contributed by atoms with van der Waals surface area (Å²) < 4.78 is 0. The average molecular weight is 210 g/mol. The first-order valence-electron chi connectivity index (χ1n) is 5.18. The molecule has 0 radical (unpaired) electrons. The van der Waals surface area contributed by atoms with Crippen LogP contribution in [0.2, 0.25) is 0 Å². The molecule has 0 aliphatic heterocycles. The molecule has 2 heteroatoms. The van der Waals surface area contributed by atoms with Gasteiger partial charge in [-0.3, -0.25) is 0 Å². The third kappa shape index (κ3) is 1.12. The highest BCUT2D eigenvalue weighted by Gasteiger charge is 2.46. The van der Waals surface area contributed by atoms with Crippen molar-refractivity contribution in [3.05, 3.63) is 35.4 Å². The number of halogens is 1. The molecule has 0 spiro atoms. The monoisotopic (exact) mass is 209 g/mol. The van der Waals surface area contributed by atoms with Gasteiger partial charge in [0.25, 0.3) is 0 Å². The zero-order valence-electron chi connectivity index (χ0n) is 8.20. The second-order valence-corrected chi connectivity index (χ2v) is 4.49. The molecule has 3 rings (SSSR count). The fourth-order valence-electron chi connectivity index (χ4n) is 3.16. The number of fused-ring (bicyclic) bond motifs is 3. The smallest absolute Gasteiger partial charge is 0.0444 e. The van der Waals surface area contributed by atoms with E-state index in [9.17, 15) is 0 Å². The molecule has 14 heavy (non-hydrogen) atoms. The lowest BCUT2D eigenvalue weighted by Gasteiger charge is -2.25. The maximum atomic E-state index is 6.48. The SMILES string of the molecule is Cl.NC12CCCC1Cc1ccccc12. The van der Waals surface area contributed by atoms with E-state index in [1.165, 1.54) is 36.8 Å². The van der Waals surface area contributed by atoms with Crippen LogP contribution in [0.4, 0.5) is 0 Å². The Hall–Kier alpha value is -0.530. The molecule has 0 saturated heterocycles. The summed E-state index contributed by atoms with van der Waals surface area (Å²) in [5, 5.41) is 0. The van der Waals surface area contributed by atoms with Crippen molar-refractivity contribution < 1.29 is 0 Å². The van der Waals surface area contributed by atoms with Gasteiger partial charge in [0.15, 0.2) is 0 Å². The third-order valence-electron chi connectivity index (χ3n) is 3.86. The molecule has 1 aromatic rings. The molecule has 2 aliphatic rings. The Morgan fingerprint density at radius 3 is 2.93 bits per heavy atom. The van der Waals surface area contributed by atoms with Gasteiger partial charge in [0, 0.05) is 5.54 Å². The van der Waals surface area contributed by atoms with Crippen LogP contribution in [0.15, 0.2) is 24.3 Å². The number of hydrogen-bond acceptors (Lipinski definition) is 1. The van der Waals surface area contributed by atoms with E-state index in [1.54, 1.807) is 0 Å². The fourth-order valence-corrected chi connectivity index (χ4v) is 3.16. The van der Waals surface area contributed by atoms with Crippen LogP contribution in [0, 0.1) is 5.92 Å². The van der Waals surface area contributed by atoms with E-state index < -0.39 is 0 Å². The molecule has 1 aromatic carbocycles. The first kappa shape index (κ1) is 10.0. The van der Waals surface area contributed by atoms with Crippen LogP contribution >= 0.6 is 12.4 Å². The second kappa shape index (κ2) is 3.25. The van der Waals surface area contributed by atoms with Crippen LogP contribution < -0.4 is 5.73 Å². The minimum Gasteiger partial charge on any atom is -0.321 e. The number of rotatable bonds is 0. The largest absolute Gasteiger partial charge is 0.321 e. The first-order valence-corrected chi connectivity index (χ1v) is 5.18. The number of benzene rings is 1. The topological polar surface area (TPSA) is 26.0 Å². The lowest BCUT2D eigenvalue weighted by atomic mass is 9.88. The number of hydrogen-bond donors (Lipinski definition) is 1. The van der Waals surface area contributed by atoms with Crippen LogP contribution in [0.1, 0.15) is 30.4 Å². The Bertz CT molecular complexity index is 350. The highest BCUT2D eigenvalue weighted by atomic mass is 35.5. The van der Waals surface area contributed by atoms with Gasteiger partial charge in [0.2, 0.25) is 0 Å². The lowest BCUT2D eigenvalue weighted by Crippen LogP contribution is -2.36. The first-order chi connectivity index (χ1) is 6.31. The van der Waals surface area contributed by atoms with Crippen molar-refractivity contribution in [1.82, 2.24) is 0 Å². The molecule has 2 atom stereocenters. The highest BCUT2D eigenvalue weighted by molar-refractivity contribution is 5.85. The summed E-state index contributed by atoms with van der Waals surface area (Å²) in [6, 6.07) is 8.71. The van der Waals surface area contributed by atoms with Gasteiger partial charge in [-0.2, -0.15) is 0 Å². The Balaban J connectivity index is 0.000000750. The van der Waals surface area contributed by atoms with Crippen molar-refractivity contribution in [3.63, 3.8) is 0 Å². The van der Waals surface area contributed by atoms with Gasteiger partial charge >= 0.3 is 0 Å². The highest BCUT2D eigenvalue weighted by Crippen LogP contribution is 2.49.